The monoisotopic (exact) mass is 408 g/mol. The molecule has 5 rings (SSSR count). The first kappa shape index (κ1) is 18.9. The van der Waals surface area contributed by atoms with Crippen LogP contribution in [0.4, 0.5) is 16.2 Å². The number of hydrogen-bond acceptors (Lipinski definition) is 6. The van der Waals surface area contributed by atoms with Crippen LogP contribution in [0, 0.1) is 0 Å². The van der Waals surface area contributed by atoms with E-state index >= 15 is 0 Å². The van der Waals surface area contributed by atoms with Crippen LogP contribution in [-0.2, 0) is 16.1 Å². The summed E-state index contributed by atoms with van der Waals surface area (Å²) in [4.78, 5) is 30.7. The van der Waals surface area contributed by atoms with Crippen LogP contribution in [0.2, 0.25) is 0 Å². The van der Waals surface area contributed by atoms with E-state index in [1.165, 1.54) is 5.56 Å². The maximum absolute atomic E-state index is 12.8. The average molecular weight is 408 g/mol. The Bertz CT molecular complexity index is 967. The van der Waals surface area contributed by atoms with Gasteiger partial charge in [0.1, 0.15) is 24.5 Å². The molecule has 156 valence electrons. The normalized spacial score (nSPS) is 23.6. The molecule has 0 radical (unpaired) electrons. The lowest BCUT2D eigenvalue weighted by atomic mass is 10.1. The number of hydrogen-bond donors (Lipinski definition) is 1. The summed E-state index contributed by atoms with van der Waals surface area (Å²) in [5.41, 5.74) is 8.35. The molecule has 30 heavy (non-hydrogen) atoms. The fourth-order valence-corrected chi connectivity index (χ4v) is 4.36. The van der Waals surface area contributed by atoms with E-state index in [9.17, 15) is 9.59 Å². The lowest BCUT2D eigenvalue weighted by molar-refractivity contribution is -0.121. The minimum absolute atomic E-state index is 0.0506. The summed E-state index contributed by atoms with van der Waals surface area (Å²) in [5.74, 6) is 0.632. The quantitative estimate of drug-likeness (QED) is 0.827. The lowest BCUT2D eigenvalue weighted by Gasteiger charge is -2.36. The van der Waals surface area contributed by atoms with Gasteiger partial charge in [-0.15, -0.1) is 0 Å². The molecule has 0 saturated carbocycles. The Kier molecular flexibility index (Phi) is 4.80. The smallest absolute Gasteiger partial charge is 0.415 e. The molecular formula is C22H24N4O4. The summed E-state index contributed by atoms with van der Waals surface area (Å²) < 4.78 is 11.3. The fourth-order valence-electron chi connectivity index (χ4n) is 4.36. The molecule has 0 aliphatic carbocycles. The van der Waals surface area contributed by atoms with Gasteiger partial charge in [0, 0.05) is 37.9 Å². The third kappa shape index (κ3) is 3.28. The summed E-state index contributed by atoms with van der Waals surface area (Å²) in [5, 5.41) is 0. The molecule has 2 amide bonds. The molecule has 0 bridgehead atoms. The zero-order chi connectivity index (χ0) is 20.7. The molecule has 2 saturated heterocycles. The minimum Gasteiger partial charge on any atom is -0.489 e. The Labute approximate surface area is 174 Å². The Morgan fingerprint density at radius 3 is 2.67 bits per heavy atom. The second kappa shape index (κ2) is 7.62. The number of anilines is 2. The number of nitrogens with two attached hydrogens (primary N) is 1. The number of rotatable bonds is 4. The van der Waals surface area contributed by atoms with Crippen molar-refractivity contribution in [2.75, 3.05) is 42.6 Å². The standard InChI is InChI=1S/C22H24N4O4/c23-11-20-18-14-29-19-10-16(6-7-17(19)26(18)22(28)30-20)25-9-8-24(13-21(25)27)12-15-4-2-1-3-5-15/h1-7,10,18,20H,8-9,11-14,23H2/t18-,20-/m0/s1. The fraction of sp³-hybridized carbons (Fsp3) is 0.364. The van der Waals surface area contributed by atoms with Crippen molar-refractivity contribution in [2.45, 2.75) is 18.7 Å². The molecule has 2 aromatic rings. The van der Waals surface area contributed by atoms with Crippen LogP contribution in [-0.4, -0.2) is 61.8 Å². The predicted molar refractivity (Wildman–Crippen MR) is 112 cm³/mol. The lowest BCUT2D eigenvalue weighted by Crippen LogP contribution is -2.50. The van der Waals surface area contributed by atoms with Crippen molar-refractivity contribution in [2.24, 2.45) is 5.73 Å². The van der Waals surface area contributed by atoms with Crippen molar-refractivity contribution in [3.63, 3.8) is 0 Å². The number of piperazine rings is 1. The van der Waals surface area contributed by atoms with Gasteiger partial charge in [-0.25, -0.2) is 4.79 Å². The summed E-state index contributed by atoms with van der Waals surface area (Å²) in [6.45, 7) is 3.10. The Hall–Kier alpha value is -3.10. The topological polar surface area (TPSA) is 88.3 Å². The second-order valence-electron chi connectivity index (χ2n) is 7.80. The highest BCUT2D eigenvalue weighted by atomic mass is 16.6. The van der Waals surface area contributed by atoms with Crippen LogP contribution in [0.3, 0.4) is 0 Å². The molecule has 8 heteroatoms. The van der Waals surface area contributed by atoms with Gasteiger partial charge in [0.25, 0.3) is 0 Å². The van der Waals surface area contributed by atoms with Gasteiger partial charge >= 0.3 is 6.09 Å². The first-order valence-corrected chi connectivity index (χ1v) is 10.2. The number of fused-ring (bicyclic) bond motifs is 3. The van der Waals surface area contributed by atoms with Crippen molar-refractivity contribution < 1.29 is 19.1 Å². The third-order valence-corrected chi connectivity index (χ3v) is 5.91. The van der Waals surface area contributed by atoms with Gasteiger partial charge < -0.3 is 20.1 Å². The Morgan fingerprint density at radius 2 is 1.90 bits per heavy atom. The molecule has 2 aromatic carbocycles. The van der Waals surface area contributed by atoms with Crippen LogP contribution in [0.15, 0.2) is 48.5 Å². The first-order valence-electron chi connectivity index (χ1n) is 10.2. The number of ether oxygens (including phenoxy) is 2. The number of carbonyl (C=O) groups is 2. The highest BCUT2D eigenvalue weighted by Gasteiger charge is 2.46. The molecule has 2 fully saturated rings. The van der Waals surface area contributed by atoms with E-state index in [1.54, 1.807) is 9.80 Å². The van der Waals surface area contributed by atoms with Gasteiger partial charge in [-0.1, -0.05) is 30.3 Å². The van der Waals surface area contributed by atoms with E-state index in [-0.39, 0.29) is 24.6 Å². The van der Waals surface area contributed by atoms with Crippen molar-refractivity contribution in [3.8, 4) is 5.75 Å². The maximum Gasteiger partial charge on any atom is 0.415 e. The van der Waals surface area contributed by atoms with Crippen molar-refractivity contribution in [3.05, 3.63) is 54.1 Å². The van der Waals surface area contributed by atoms with Gasteiger partial charge in [-0.2, -0.15) is 0 Å². The summed E-state index contributed by atoms with van der Waals surface area (Å²) in [6, 6.07) is 15.5. The Balaban J connectivity index is 1.31. The highest BCUT2D eigenvalue weighted by molar-refractivity contribution is 5.98. The number of cyclic esters (lactones) is 1. The molecule has 0 unspecified atom stereocenters. The highest BCUT2D eigenvalue weighted by Crippen LogP contribution is 2.41. The summed E-state index contributed by atoms with van der Waals surface area (Å²) >= 11 is 0. The number of benzene rings is 2. The number of carbonyl (C=O) groups excluding carboxylic acids is 2. The predicted octanol–water partition coefficient (Wildman–Crippen LogP) is 1.58. The minimum atomic E-state index is -0.404. The molecular weight excluding hydrogens is 384 g/mol. The molecule has 0 aromatic heterocycles. The van der Waals surface area contributed by atoms with Gasteiger partial charge in [0.05, 0.1) is 12.2 Å². The average Bonchev–Trinajstić information content (AvgIpc) is 3.10. The Morgan fingerprint density at radius 1 is 1.07 bits per heavy atom. The van der Waals surface area contributed by atoms with Crippen molar-refractivity contribution in [1.82, 2.24) is 4.90 Å². The van der Waals surface area contributed by atoms with Crippen molar-refractivity contribution >= 4 is 23.4 Å². The maximum atomic E-state index is 12.8. The third-order valence-electron chi connectivity index (χ3n) is 5.91. The van der Waals surface area contributed by atoms with Crippen LogP contribution in [0.25, 0.3) is 0 Å². The van der Waals surface area contributed by atoms with Crippen LogP contribution in [0.5, 0.6) is 5.75 Å². The molecule has 2 N–H and O–H groups in total. The first-order chi connectivity index (χ1) is 14.6. The van der Waals surface area contributed by atoms with E-state index in [0.717, 1.165) is 18.8 Å². The molecule has 3 aliphatic heterocycles. The summed E-state index contributed by atoms with van der Waals surface area (Å²) in [7, 11) is 0. The molecule has 8 nitrogen and oxygen atoms in total. The van der Waals surface area contributed by atoms with Crippen LogP contribution < -0.4 is 20.3 Å². The SMILES string of the molecule is NC[C@@H]1OC(=O)N2c3ccc(N4CCN(Cc5ccccc5)CC4=O)cc3OC[C@@H]12. The molecule has 2 atom stereocenters. The van der Waals surface area contributed by atoms with Gasteiger partial charge in [-0.05, 0) is 17.7 Å². The number of nitrogens with zero attached hydrogens (tertiary/aromatic N) is 3. The second-order valence-corrected chi connectivity index (χ2v) is 7.80. The van der Waals surface area contributed by atoms with Gasteiger partial charge in [-0.3, -0.25) is 14.6 Å². The van der Waals surface area contributed by atoms with E-state index < -0.39 is 6.09 Å². The zero-order valence-corrected chi connectivity index (χ0v) is 16.6. The van der Waals surface area contributed by atoms with E-state index in [4.69, 9.17) is 15.2 Å². The van der Waals surface area contributed by atoms with Crippen molar-refractivity contribution in [1.29, 1.82) is 0 Å². The summed E-state index contributed by atoms with van der Waals surface area (Å²) in [6.07, 6.45) is -0.775. The van der Waals surface area contributed by atoms with Crippen LogP contribution >= 0.6 is 0 Å². The van der Waals surface area contributed by atoms with E-state index in [0.29, 0.717) is 31.1 Å². The van der Waals surface area contributed by atoms with Gasteiger partial charge in [0.15, 0.2) is 0 Å². The van der Waals surface area contributed by atoms with Crippen LogP contribution in [0.1, 0.15) is 5.56 Å². The largest absolute Gasteiger partial charge is 0.489 e. The molecule has 0 spiro atoms. The van der Waals surface area contributed by atoms with Gasteiger partial charge in [0.2, 0.25) is 5.91 Å². The zero-order valence-electron chi connectivity index (χ0n) is 16.6. The molecule has 3 heterocycles. The number of amides is 2. The molecule has 3 aliphatic rings. The van der Waals surface area contributed by atoms with E-state index in [1.807, 2.05) is 36.4 Å². The van der Waals surface area contributed by atoms with E-state index in [2.05, 4.69) is 17.0 Å².